The molecule has 2 heterocycles. The fraction of sp³-hybridized carbons (Fsp3) is 0.556. The average Bonchev–Trinajstić information content (AvgIpc) is 3.00. The van der Waals surface area contributed by atoms with Crippen molar-refractivity contribution in [2.24, 2.45) is 0 Å². The van der Waals surface area contributed by atoms with Gasteiger partial charge in [-0.1, -0.05) is 24.8 Å². The molecule has 0 spiro atoms. The summed E-state index contributed by atoms with van der Waals surface area (Å²) in [5.74, 6) is 0. The van der Waals surface area contributed by atoms with Gasteiger partial charge >= 0.3 is 0 Å². The Bertz CT molecular complexity index is 538. The Morgan fingerprint density at radius 3 is 2.62 bits per heavy atom. The second-order valence-electron chi connectivity index (χ2n) is 6.02. The van der Waals surface area contributed by atoms with Gasteiger partial charge < -0.3 is 19.6 Å². The third-order valence-corrected chi connectivity index (χ3v) is 4.33. The second kappa shape index (κ2) is 9.03. The highest BCUT2D eigenvalue weighted by Gasteiger charge is 2.21. The zero-order chi connectivity index (χ0) is 16.6. The smallest absolute Gasteiger partial charge is 0.1000 e. The Kier molecular flexibility index (Phi) is 6.48. The Balaban J connectivity index is 1.72. The number of nitrogens with zero attached hydrogens (tertiary/aromatic N) is 2. The van der Waals surface area contributed by atoms with Gasteiger partial charge in [-0.2, -0.15) is 0 Å². The number of nitrogens with one attached hydrogen (secondary N) is 1. The molecule has 0 radical (unpaired) electrons. The van der Waals surface area contributed by atoms with E-state index in [0.29, 0.717) is 33.0 Å². The highest BCUT2D eigenvalue weighted by atomic mass is 16.5. The molecule has 6 nitrogen and oxygen atoms in total. The Hall–Kier alpha value is -1.60. The molecule has 132 valence electrons. The summed E-state index contributed by atoms with van der Waals surface area (Å²) in [6.07, 6.45) is 1.50. The van der Waals surface area contributed by atoms with E-state index in [1.165, 1.54) is 23.1 Å². The Morgan fingerprint density at radius 1 is 1.08 bits per heavy atom. The zero-order valence-electron chi connectivity index (χ0n) is 14.2. The number of ether oxygens (including phenoxy) is 3. The van der Waals surface area contributed by atoms with Crippen molar-refractivity contribution in [2.45, 2.75) is 13.1 Å². The third-order valence-electron chi connectivity index (χ3n) is 4.33. The van der Waals surface area contributed by atoms with Gasteiger partial charge in [-0.15, -0.1) is 0 Å². The molecule has 3 rings (SSSR count). The summed E-state index contributed by atoms with van der Waals surface area (Å²) in [5, 5.41) is 2.21. The number of hydrazine groups is 1. The van der Waals surface area contributed by atoms with Crippen LogP contribution in [0.5, 0.6) is 0 Å². The van der Waals surface area contributed by atoms with Crippen LogP contribution in [-0.2, 0) is 27.3 Å². The second-order valence-corrected chi connectivity index (χ2v) is 6.02. The molecule has 1 atom stereocenters. The van der Waals surface area contributed by atoms with Crippen molar-refractivity contribution in [3.8, 4) is 0 Å². The van der Waals surface area contributed by atoms with E-state index in [-0.39, 0.29) is 0 Å². The van der Waals surface area contributed by atoms with Crippen LogP contribution < -0.4 is 5.43 Å². The minimum Gasteiger partial charge on any atom is -0.500 e. The van der Waals surface area contributed by atoms with E-state index < -0.39 is 0 Å². The molecule has 2 aliphatic rings. The highest BCUT2D eigenvalue weighted by molar-refractivity contribution is 5.59. The lowest BCUT2D eigenvalue weighted by Crippen LogP contribution is -2.32. The molecule has 0 saturated carbocycles. The number of benzene rings is 1. The predicted octanol–water partition coefficient (Wildman–Crippen LogP) is 1.84. The molecule has 2 bridgehead atoms. The maximum atomic E-state index is 5.69. The summed E-state index contributed by atoms with van der Waals surface area (Å²) in [5.41, 5.74) is 7.44. The van der Waals surface area contributed by atoms with Crippen molar-refractivity contribution in [3.05, 3.63) is 42.2 Å². The van der Waals surface area contributed by atoms with Gasteiger partial charge in [0.2, 0.25) is 0 Å². The predicted molar refractivity (Wildman–Crippen MR) is 93.5 cm³/mol. The molecule has 1 aromatic rings. The fourth-order valence-electron chi connectivity index (χ4n) is 3.06. The van der Waals surface area contributed by atoms with Gasteiger partial charge in [-0.3, -0.25) is 4.90 Å². The molecule has 0 amide bonds. The maximum Gasteiger partial charge on any atom is 0.1000 e. The Morgan fingerprint density at radius 2 is 1.83 bits per heavy atom. The van der Waals surface area contributed by atoms with E-state index in [2.05, 4.69) is 40.1 Å². The monoisotopic (exact) mass is 333 g/mol. The van der Waals surface area contributed by atoms with E-state index in [0.717, 1.165) is 32.7 Å². The first-order chi connectivity index (χ1) is 11.9. The van der Waals surface area contributed by atoms with E-state index >= 15 is 0 Å². The number of hydrogen-bond acceptors (Lipinski definition) is 6. The molecule has 24 heavy (non-hydrogen) atoms. The minimum absolute atomic E-state index is 0.640. The lowest BCUT2D eigenvalue weighted by atomic mass is 10.1. The van der Waals surface area contributed by atoms with Gasteiger partial charge in [0, 0.05) is 32.7 Å². The van der Waals surface area contributed by atoms with E-state index in [4.69, 9.17) is 14.2 Å². The van der Waals surface area contributed by atoms with Crippen molar-refractivity contribution in [3.63, 3.8) is 0 Å². The number of anilines is 1. The summed E-state index contributed by atoms with van der Waals surface area (Å²) >= 11 is 0. The van der Waals surface area contributed by atoms with Crippen LogP contribution in [0.15, 0.2) is 31.0 Å². The maximum absolute atomic E-state index is 5.69. The van der Waals surface area contributed by atoms with Crippen LogP contribution in [0.4, 0.5) is 5.69 Å². The van der Waals surface area contributed by atoms with Crippen molar-refractivity contribution < 1.29 is 14.2 Å². The lowest BCUT2D eigenvalue weighted by molar-refractivity contribution is 0.0300. The molecular formula is C18H27N3O3. The van der Waals surface area contributed by atoms with Crippen LogP contribution in [0.2, 0.25) is 0 Å². The van der Waals surface area contributed by atoms with Gasteiger partial charge in [0.25, 0.3) is 0 Å². The Labute approximate surface area is 143 Å². The molecule has 0 aliphatic carbocycles. The van der Waals surface area contributed by atoms with Crippen LogP contribution in [0.1, 0.15) is 11.1 Å². The third kappa shape index (κ3) is 4.70. The van der Waals surface area contributed by atoms with Crippen molar-refractivity contribution in [1.82, 2.24) is 9.91 Å². The lowest BCUT2D eigenvalue weighted by Gasteiger charge is -2.24. The van der Waals surface area contributed by atoms with Crippen molar-refractivity contribution in [2.75, 3.05) is 58.1 Å². The summed E-state index contributed by atoms with van der Waals surface area (Å²) < 4.78 is 16.6. The molecule has 1 N–H and O–H groups in total. The SMILES string of the molecule is C=COCCN1CCOCCOCCN2Cc3cccc(c3N2)C1. The molecule has 0 fully saturated rings. The van der Waals surface area contributed by atoms with Gasteiger partial charge in [0.1, 0.15) is 0 Å². The van der Waals surface area contributed by atoms with Gasteiger partial charge in [0.15, 0.2) is 0 Å². The highest BCUT2D eigenvalue weighted by Crippen LogP contribution is 2.29. The molecule has 6 heteroatoms. The number of para-hydroxylation sites is 1. The van der Waals surface area contributed by atoms with E-state index in [1.807, 2.05) is 0 Å². The molecule has 2 aliphatic heterocycles. The number of rotatable bonds is 4. The standard InChI is InChI=1S/C18H27N3O3/c1-2-22-9-6-20-7-10-23-12-13-24-11-8-21-15-17-5-3-4-16(14-20)18(17)19-21/h2-5,19H,1,6-15H2. The van der Waals surface area contributed by atoms with Crippen LogP contribution in [0.3, 0.4) is 0 Å². The summed E-state index contributed by atoms with van der Waals surface area (Å²) in [4.78, 5) is 2.36. The van der Waals surface area contributed by atoms with Crippen LogP contribution in [0.25, 0.3) is 0 Å². The summed E-state index contributed by atoms with van der Waals surface area (Å²) in [6.45, 7) is 11.3. The molecular weight excluding hydrogens is 306 g/mol. The fourth-order valence-corrected chi connectivity index (χ4v) is 3.06. The molecule has 1 aromatic carbocycles. The van der Waals surface area contributed by atoms with Gasteiger partial charge in [-0.25, -0.2) is 5.01 Å². The zero-order valence-corrected chi connectivity index (χ0v) is 14.2. The van der Waals surface area contributed by atoms with Crippen LogP contribution in [0, 0.1) is 0 Å². The summed E-state index contributed by atoms with van der Waals surface area (Å²) in [6, 6.07) is 6.53. The van der Waals surface area contributed by atoms with Crippen LogP contribution in [-0.4, -0.2) is 62.6 Å². The number of fused-ring (bicyclic) bond motifs is 1. The first-order valence-corrected chi connectivity index (χ1v) is 8.59. The first-order valence-electron chi connectivity index (χ1n) is 8.59. The van der Waals surface area contributed by atoms with Crippen molar-refractivity contribution in [1.29, 1.82) is 0 Å². The average molecular weight is 333 g/mol. The van der Waals surface area contributed by atoms with E-state index in [9.17, 15) is 0 Å². The normalized spacial score (nSPS) is 22.4. The first kappa shape index (κ1) is 17.2. The van der Waals surface area contributed by atoms with Gasteiger partial charge in [0.05, 0.1) is 45.0 Å². The summed E-state index contributed by atoms with van der Waals surface area (Å²) in [7, 11) is 0. The van der Waals surface area contributed by atoms with Crippen LogP contribution >= 0.6 is 0 Å². The van der Waals surface area contributed by atoms with E-state index in [1.54, 1.807) is 0 Å². The topological polar surface area (TPSA) is 46.2 Å². The molecule has 1 unspecified atom stereocenters. The quantitative estimate of drug-likeness (QED) is 0.670. The largest absolute Gasteiger partial charge is 0.500 e. The minimum atomic E-state index is 0.640. The van der Waals surface area contributed by atoms with Gasteiger partial charge in [-0.05, 0) is 11.1 Å². The molecule has 0 aromatic heterocycles. The van der Waals surface area contributed by atoms with Crippen molar-refractivity contribution >= 4 is 5.69 Å². The molecule has 0 saturated heterocycles. The number of hydrogen-bond donors (Lipinski definition) is 1.